The van der Waals surface area contributed by atoms with E-state index in [9.17, 15) is 14.4 Å². The lowest BCUT2D eigenvalue weighted by Gasteiger charge is -2.13. The van der Waals surface area contributed by atoms with Crippen LogP contribution in [0, 0.1) is 5.92 Å². The number of aliphatic hydroxyl groups is 2. The topological polar surface area (TPSA) is 143 Å². The minimum atomic E-state index is -1.11. The van der Waals surface area contributed by atoms with Crippen LogP contribution in [-0.2, 0) is 28.8 Å². The monoisotopic (exact) mass is 325 g/mol. The summed E-state index contributed by atoms with van der Waals surface area (Å²) in [4.78, 5) is 41.0. The lowest BCUT2D eigenvalue weighted by Crippen LogP contribution is -2.24. The zero-order chi connectivity index (χ0) is 17.5. The van der Waals surface area contributed by atoms with Crippen molar-refractivity contribution in [1.29, 1.82) is 0 Å². The van der Waals surface area contributed by atoms with Gasteiger partial charge in [-0.25, -0.2) is 4.79 Å². The number of ketones is 1. The van der Waals surface area contributed by atoms with Gasteiger partial charge in [-0.3, -0.25) is 19.3 Å². The molecule has 10 nitrogen and oxygen atoms in total. The van der Waals surface area contributed by atoms with Crippen LogP contribution in [0.4, 0.5) is 0 Å². The smallest absolute Gasteiger partial charge is 0.374 e. The summed E-state index contributed by atoms with van der Waals surface area (Å²) in [6.45, 7) is 1.66. The summed E-state index contributed by atoms with van der Waals surface area (Å²) >= 11 is 0. The quantitative estimate of drug-likeness (QED) is 0.249. The second-order valence-corrected chi connectivity index (χ2v) is 3.91. The number of hydroxylamine groups is 2. The van der Waals surface area contributed by atoms with Gasteiger partial charge in [0.15, 0.2) is 0 Å². The largest absolute Gasteiger partial charge is 0.481 e. The molecule has 0 aliphatic carbocycles. The summed E-state index contributed by atoms with van der Waals surface area (Å²) in [5, 5.41) is 26.0. The van der Waals surface area contributed by atoms with Crippen molar-refractivity contribution in [3.63, 3.8) is 0 Å². The molecule has 0 bridgehead atoms. The number of hydrogen-bond donors (Lipinski definition) is 3. The molecule has 0 aromatic carbocycles. The first kappa shape index (κ1) is 22.7. The highest BCUT2D eigenvalue weighted by Crippen LogP contribution is 2.03. The van der Waals surface area contributed by atoms with Gasteiger partial charge in [-0.2, -0.15) is 0 Å². The van der Waals surface area contributed by atoms with Crippen molar-refractivity contribution in [1.82, 2.24) is 5.23 Å². The fourth-order valence-electron chi connectivity index (χ4n) is 1.03. The third-order valence-electron chi connectivity index (χ3n) is 2.04. The molecule has 1 unspecified atom stereocenters. The highest BCUT2D eigenvalue weighted by Gasteiger charge is 2.23. The summed E-state index contributed by atoms with van der Waals surface area (Å²) in [5.41, 5.74) is 0. The third-order valence-corrected chi connectivity index (χ3v) is 2.04. The van der Waals surface area contributed by atoms with Crippen molar-refractivity contribution in [2.75, 3.05) is 40.6 Å². The van der Waals surface area contributed by atoms with E-state index < -0.39 is 23.6 Å². The van der Waals surface area contributed by atoms with Gasteiger partial charge in [0.1, 0.15) is 0 Å². The first-order valence-electron chi connectivity index (χ1n) is 6.35. The molecule has 0 aliphatic rings. The van der Waals surface area contributed by atoms with Crippen LogP contribution in [0.3, 0.4) is 0 Å². The molecule has 10 heteroatoms. The lowest BCUT2D eigenvalue weighted by atomic mass is 10.0. The molecule has 0 radical (unpaired) electrons. The van der Waals surface area contributed by atoms with Gasteiger partial charge in [-0.1, -0.05) is 12.2 Å². The standard InChI is InChI=1S/C7H10O5.C5H13NO4/c1-4(3-5(8)9)6(10)7(11)12-2;1-6(9-4-2-7)10-5-3-8/h4H,3H2,1-2H3,(H,8,9);7-8H,2-5H2,1H3. The summed E-state index contributed by atoms with van der Waals surface area (Å²) in [6.07, 6.45) is -0.353. The van der Waals surface area contributed by atoms with E-state index in [-0.39, 0.29) is 32.8 Å². The molecule has 22 heavy (non-hydrogen) atoms. The predicted molar refractivity (Wildman–Crippen MR) is 72.3 cm³/mol. The summed E-state index contributed by atoms with van der Waals surface area (Å²) in [5.74, 6) is -3.74. The van der Waals surface area contributed by atoms with E-state index in [2.05, 4.69) is 4.74 Å². The molecule has 0 aromatic heterocycles. The first-order chi connectivity index (χ1) is 10.3. The highest BCUT2D eigenvalue weighted by molar-refractivity contribution is 6.34. The molecular formula is C12H23NO9. The van der Waals surface area contributed by atoms with Crippen molar-refractivity contribution in [3.05, 3.63) is 0 Å². The van der Waals surface area contributed by atoms with Gasteiger partial charge in [0.25, 0.3) is 0 Å². The van der Waals surface area contributed by atoms with Gasteiger partial charge in [-0.05, 0) is 0 Å². The number of carbonyl (C=O) groups is 3. The Labute approximate surface area is 128 Å². The minimum Gasteiger partial charge on any atom is -0.481 e. The number of Topliss-reactive ketones (excluding diaryl/α,β-unsaturated/α-hetero) is 1. The Morgan fingerprint density at radius 1 is 1.09 bits per heavy atom. The number of aliphatic hydroxyl groups excluding tert-OH is 2. The molecule has 0 saturated carbocycles. The molecule has 0 aliphatic heterocycles. The second-order valence-electron chi connectivity index (χ2n) is 3.91. The molecule has 0 amide bonds. The number of nitrogens with zero attached hydrogens (tertiary/aromatic N) is 1. The molecule has 0 fully saturated rings. The van der Waals surface area contributed by atoms with Crippen LogP contribution >= 0.6 is 0 Å². The van der Waals surface area contributed by atoms with Gasteiger partial charge in [0.05, 0.1) is 40.0 Å². The van der Waals surface area contributed by atoms with Gasteiger partial charge in [0, 0.05) is 13.0 Å². The second kappa shape index (κ2) is 14.4. The van der Waals surface area contributed by atoms with Crippen molar-refractivity contribution in [2.24, 2.45) is 5.92 Å². The highest BCUT2D eigenvalue weighted by atomic mass is 16.9. The number of rotatable bonds is 10. The number of esters is 1. The SMILES string of the molecule is CN(OCCO)OCCO.COC(=O)C(=O)C(C)CC(=O)O. The Balaban J connectivity index is 0. The van der Waals surface area contributed by atoms with Crippen LogP contribution in [0.5, 0.6) is 0 Å². The van der Waals surface area contributed by atoms with E-state index >= 15 is 0 Å². The number of aliphatic carboxylic acids is 1. The van der Waals surface area contributed by atoms with E-state index in [1.807, 2.05) is 0 Å². The van der Waals surface area contributed by atoms with Gasteiger partial charge >= 0.3 is 11.9 Å². The maximum absolute atomic E-state index is 10.9. The number of methoxy groups -OCH3 is 1. The zero-order valence-electron chi connectivity index (χ0n) is 12.9. The van der Waals surface area contributed by atoms with Crippen LogP contribution < -0.4 is 0 Å². The summed E-state index contributed by atoms with van der Waals surface area (Å²) in [6, 6.07) is 0. The predicted octanol–water partition coefficient (Wildman–Crippen LogP) is -1.39. The van der Waals surface area contributed by atoms with Gasteiger partial charge in [0.2, 0.25) is 5.78 Å². The van der Waals surface area contributed by atoms with E-state index in [0.29, 0.717) is 0 Å². The van der Waals surface area contributed by atoms with Crippen LogP contribution in [-0.4, -0.2) is 78.9 Å². The van der Waals surface area contributed by atoms with Gasteiger partial charge in [-0.15, -0.1) is 0 Å². The van der Waals surface area contributed by atoms with E-state index in [1.165, 1.54) is 6.92 Å². The molecule has 130 valence electrons. The molecule has 0 aromatic rings. The van der Waals surface area contributed by atoms with Crippen molar-refractivity contribution >= 4 is 17.7 Å². The molecule has 3 N–H and O–H groups in total. The average Bonchev–Trinajstić information content (AvgIpc) is 2.49. The number of hydrogen-bond acceptors (Lipinski definition) is 9. The fraction of sp³-hybridized carbons (Fsp3) is 0.750. The van der Waals surface area contributed by atoms with Crippen LogP contribution in [0.1, 0.15) is 13.3 Å². The van der Waals surface area contributed by atoms with E-state index in [4.69, 9.17) is 25.0 Å². The fourth-order valence-corrected chi connectivity index (χ4v) is 1.03. The van der Waals surface area contributed by atoms with Crippen LogP contribution in [0.25, 0.3) is 0 Å². The van der Waals surface area contributed by atoms with E-state index in [0.717, 1.165) is 12.3 Å². The Morgan fingerprint density at radius 3 is 1.86 bits per heavy atom. The Hall–Kier alpha value is -1.59. The van der Waals surface area contributed by atoms with E-state index in [1.54, 1.807) is 7.05 Å². The first-order valence-corrected chi connectivity index (χ1v) is 6.35. The minimum absolute atomic E-state index is 0.0488. The summed E-state index contributed by atoms with van der Waals surface area (Å²) in [7, 11) is 2.62. The number of carbonyl (C=O) groups excluding carboxylic acids is 2. The number of carboxylic acid groups (broad SMARTS) is 1. The number of carboxylic acids is 1. The molecule has 0 rings (SSSR count). The molecule has 0 spiro atoms. The summed E-state index contributed by atoms with van der Waals surface area (Å²) < 4.78 is 4.13. The van der Waals surface area contributed by atoms with Crippen LogP contribution in [0.15, 0.2) is 0 Å². The molecule has 1 atom stereocenters. The maximum atomic E-state index is 10.9. The Bertz CT molecular complexity index is 327. The van der Waals surface area contributed by atoms with Gasteiger partial charge < -0.3 is 20.1 Å². The lowest BCUT2D eigenvalue weighted by molar-refractivity contribution is -0.356. The Kier molecular flexibility index (Phi) is 14.8. The normalized spacial score (nSPS) is 11.4. The third kappa shape index (κ3) is 13.4. The van der Waals surface area contributed by atoms with Crippen molar-refractivity contribution < 1.29 is 44.1 Å². The maximum Gasteiger partial charge on any atom is 0.374 e. The zero-order valence-corrected chi connectivity index (χ0v) is 12.9. The van der Waals surface area contributed by atoms with Crippen LogP contribution in [0.2, 0.25) is 0 Å². The number of ether oxygens (including phenoxy) is 1. The van der Waals surface area contributed by atoms with Crippen molar-refractivity contribution in [2.45, 2.75) is 13.3 Å². The molecule has 0 heterocycles. The molecular weight excluding hydrogens is 302 g/mol. The molecule has 0 saturated heterocycles. The van der Waals surface area contributed by atoms with Crippen molar-refractivity contribution in [3.8, 4) is 0 Å². The Morgan fingerprint density at radius 2 is 1.55 bits per heavy atom. The average molecular weight is 325 g/mol.